The van der Waals surface area contributed by atoms with E-state index in [1.165, 1.54) is 6.07 Å². The van der Waals surface area contributed by atoms with Gasteiger partial charge in [-0.15, -0.1) is 24.8 Å². The molecular formula is C18H27Cl2F2N3O2. The highest BCUT2D eigenvalue weighted by Gasteiger charge is 2.30. The molecule has 0 spiro atoms. The third-order valence-corrected chi connectivity index (χ3v) is 5.04. The Morgan fingerprint density at radius 1 is 1.22 bits per heavy atom. The van der Waals surface area contributed by atoms with E-state index in [0.717, 1.165) is 32.1 Å². The first-order valence-electron chi connectivity index (χ1n) is 8.87. The van der Waals surface area contributed by atoms with Crippen LogP contribution in [0.1, 0.15) is 32.1 Å². The summed E-state index contributed by atoms with van der Waals surface area (Å²) < 4.78 is 29.7. The lowest BCUT2D eigenvalue weighted by Crippen LogP contribution is -2.43. The van der Waals surface area contributed by atoms with Gasteiger partial charge in [0.2, 0.25) is 5.91 Å². The monoisotopic (exact) mass is 425 g/mol. The van der Waals surface area contributed by atoms with E-state index in [4.69, 9.17) is 5.73 Å². The van der Waals surface area contributed by atoms with Gasteiger partial charge in [0.1, 0.15) is 5.75 Å². The van der Waals surface area contributed by atoms with E-state index in [2.05, 4.69) is 10.1 Å². The van der Waals surface area contributed by atoms with Crippen molar-refractivity contribution in [2.75, 3.05) is 18.0 Å². The molecule has 1 aromatic rings. The lowest BCUT2D eigenvalue weighted by atomic mass is 9.85. The molecular weight excluding hydrogens is 399 g/mol. The fourth-order valence-electron chi connectivity index (χ4n) is 3.80. The second kappa shape index (κ2) is 10.9. The molecule has 5 nitrogen and oxygen atoms in total. The average molecular weight is 426 g/mol. The van der Waals surface area contributed by atoms with Crippen LogP contribution >= 0.6 is 24.8 Å². The fraction of sp³-hybridized carbons (Fsp3) is 0.611. The fourth-order valence-corrected chi connectivity index (χ4v) is 3.80. The largest absolute Gasteiger partial charge is 0.433 e. The van der Waals surface area contributed by atoms with Crippen LogP contribution in [0.5, 0.6) is 5.75 Å². The molecule has 2 aliphatic rings. The molecule has 1 heterocycles. The minimum absolute atomic E-state index is 0. The Morgan fingerprint density at radius 2 is 1.96 bits per heavy atom. The molecule has 0 bridgehead atoms. The predicted octanol–water partition coefficient (Wildman–Crippen LogP) is 3.34. The average Bonchev–Trinajstić information content (AvgIpc) is 3.03. The first-order chi connectivity index (χ1) is 12.0. The van der Waals surface area contributed by atoms with Crippen LogP contribution < -0.4 is 20.7 Å². The first kappa shape index (κ1) is 23.7. The number of benzene rings is 1. The molecule has 3 unspecified atom stereocenters. The molecule has 3 atom stereocenters. The van der Waals surface area contributed by atoms with Crippen LogP contribution in [0.25, 0.3) is 0 Å². The summed E-state index contributed by atoms with van der Waals surface area (Å²) in [4.78, 5) is 14.4. The van der Waals surface area contributed by atoms with Crippen LogP contribution in [-0.2, 0) is 4.79 Å². The van der Waals surface area contributed by atoms with Crippen molar-refractivity contribution in [2.24, 2.45) is 11.7 Å². The number of carbonyl (C=O) groups is 1. The van der Waals surface area contributed by atoms with Crippen LogP contribution in [-0.4, -0.2) is 37.7 Å². The van der Waals surface area contributed by atoms with Crippen LogP contribution in [0.3, 0.4) is 0 Å². The molecule has 1 amide bonds. The van der Waals surface area contributed by atoms with Crippen molar-refractivity contribution in [1.29, 1.82) is 0 Å². The van der Waals surface area contributed by atoms with Crippen LogP contribution in [0.15, 0.2) is 24.3 Å². The maximum absolute atomic E-state index is 12.6. The quantitative estimate of drug-likeness (QED) is 0.758. The molecule has 1 aliphatic carbocycles. The smallest absolute Gasteiger partial charge is 0.387 e. The van der Waals surface area contributed by atoms with Gasteiger partial charge in [-0.2, -0.15) is 8.78 Å². The minimum atomic E-state index is -2.85. The number of amides is 1. The number of nitrogens with zero attached hydrogens (tertiary/aromatic N) is 1. The Balaban J connectivity index is 0.00000182. The van der Waals surface area contributed by atoms with E-state index >= 15 is 0 Å². The molecule has 154 valence electrons. The summed E-state index contributed by atoms with van der Waals surface area (Å²) in [5.41, 5.74) is 6.60. The molecule has 0 radical (unpaired) electrons. The van der Waals surface area contributed by atoms with Crippen molar-refractivity contribution in [3.8, 4) is 5.75 Å². The lowest BCUT2D eigenvalue weighted by molar-refractivity contribution is -0.126. The van der Waals surface area contributed by atoms with Gasteiger partial charge in [0, 0.05) is 31.1 Å². The van der Waals surface area contributed by atoms with Crippen molar-refractivity contribution in [3.63, 3.8) is 0 Å². The summed E-state index contributed by atoms with van der Waals surface area (Å²) >= 11 is 0. The Hall–Kier alpha value is -1.31. The molecule has 2 fully saturated rings. The van der Waals surface area contributed by atoms with Gasteiger partial charge in [0.05, 0.1) is 5.69 Å². The zero-order valence-corrected chi connectivity index (χ0v) is 16.6. The number of hydrogen-bond acceptors (Lipinski definition) is 4. The van der Waals surface area contributed by atoms with E-state index in [1.807, 2.05) is 4.90 Å². The number of nitrogens with two attached hydrogens (primary N) is 1. The highest BCUT2D eigenvalue weighted by atomic mass is 35.5. The molecule has 9 heteroatoms. The topological polar surface area (TPSA) is 67.6 Å². The highest BCUT2D eigenvalue weighted by Crippen LogP contribution is 2.32. The van der Waals surface area contributed by atoms with E-state index in [1.54, 1.807) is 18.2 Å². The van der Waals surface area contributed by atoms with E-state index < -0.39 is 6.61 Å². The van der Waals surface area contributed by atoms with Crippen molar-refractivity contribution in [1.82, 2.24) is 5.32 Å². The Morgan fingerprint density at radius 3 is 2.67 bits per heavy atom. The Bertz CT molecular complexity index is 610. The SMILES string of the molecule is Cl.Cl.NC1CCCC(C(=O)NC2CCN(c3ccccc3OC(F)F)C2)C1. The number of rotatable bonds is 5. The maximum atomic E-state index is 12.6. The zero-order chi connectivity index (χ0) is 17.8. The third-order valence-electron chi connectivity index (χ3n) is 5.04. The normalized spacial score (nSPS) is 24.7. The standard InChI is InChI=1S/C18H25F2N3O2.2ClH/c19-18(20)25-16-7-2-1-6-15(16)23-9-8-14(11-23)22-17(24)12-4-3-5-13(21)10-12;;/h1-2,6-7,12-14,18H,3-5,8-11,21H2,(H,22,24);2*1H. The summed E-state index contributed by atoms with van der Waals surface area (Å²) in [7, 11) is 0. The van der Waals surface area contributed by atoms with Gasteiger partial charge in [-0.3, -0.25) is 4.79 Å². The minimum Gasteiger partial charge on any atom is -0.433 e. The number of alkyl halides is 2. The van der Waals surface area contributed by atoms with Crippen LogP contribution in [0.4, 0.5) is 14.5 Å². The van der Waals surface area contributed by atoms with Gasteiger partial charge in [-0.1, -0.05) is 18.6 Å². The second-order valence-electron chi connectivity index (χ2n) is 6.91. The number of carbonyl (C=O) groups excluding carboxylic acids is 1. The maximum Gasteiger partial charge on any atom is 0.387 e. The van der Waals surface area contributed by atoms with Crippen molar-refractivity contribution >= 4 is 36.4 Å². The van der Waals surface area contributed by atoms with Gasteiger partial charge in [0.25, 0.3) is 0 Å². The van der Waals surface area contributed by atoms with E-state index in [0.29, 0.717) is 18.8 Å². The number of nitrogens with one attached hydrogen (secondary N) is 1. The number of ether oxygens (including phenoxy) is 1. The Labute approximate surface area is 170 Å². The van der Waals surface area contributed by atoms with Crippen molar-refractivity contribution in [3.05, 3.63) is 24.3 Å². The van der Waals surface area contributed by atoms with Gasteiger partial charge < -0.3 is 20.7 Å². The number of halogens is 4. The highest BCUT2D eigenvalue weighted by molar-refractivity contribution is 5.85. The molecule has 1 aliphatic heterocycles. The molecule has 3 N–H and O–H groups in total. The molecule has 3 rings (SSSR count). The Kier molecular flexibility index (Phi) is 9.56. The summed E-state index contributed by atoms with van der Waals surface area (Å²) in [6.07, 6.45) is 4.40. The van der Waals surface area contributed by atoms with E-state index in [9.17, 15) is 13.6 Å². The lowest BCUT2D eigenvalue weighted by Gasteiger charge is -2.27. The number of para-hydroxylation sites is 2. The second-order valence-corrected chi connectivity index (χ2v) is 6.91. The predicted molar refractivity (Wildman–Crippen MR) is 106 cm³/mol. The summed E-state index contributed by atoms with van der Waals surface area (Å²) in [5, 5.41) is 3.10. The molecule has 1 saturated heterocycles. The van der Waals surface area contributed by atoms with Gasteiger partial charge in [-0.05, 0) is 37.8 Å². The van der Waals surface area contributed by atoms with Crippen molar-refractivity contribution in [2.45, 2.75) is 50.8 Å². The van der Waals surface area contributed by atoms with Crippen molar-refractivity contribution < 1.29 is 18.3 Å². The van der Waals surface area contributed by atoms with Gasteiger partial charge in [-0.25, -0.2) is 0 Å². The molecule has 0 aromatic heterocycles. The van der Waals surface area contributed by atoms with E-state index in [-0.39, 0.29) is 54.5 Å². The summed E-state index contributed by atoms with van der Waals surface area (Å²) in [5.74, 6) is 0.231. The van der Waals surface area contributed by atoms with Gasteiger partial charge >= 0.3 is 6.61 Å². The number of anilines is 1. The zero-order valence-electron chi connectivity index (χ0n) is 15.0. The molecule has 27 heavy (non-hydrogen) atoms. The summed E-state index contributed by atoms with van der Waals surface area (Å²) in [6, 6.07) is 6.90. The molecule has 1 aromatic carbocycles. The first-order valence-corrected chi connectivity index (χ1v) is 8.87. The third kappa shape index (κ3) is 6.36. The molecule has 1 saturated carbocycles. The number of hydrogen-bond donors (Lipinski definition) is 2. The summed E-state index contributed by atoms with van der Waals surface area (Å²) in [6.45, 7) is -1.57. The van der Waals surface area contributed by atoms with Crippen LogP contribution in [0, 0.1) is 5.92 Å². The van der Waals surface area contributed by atoms with Gasteiger partial charge in [0.15, 0.2) is 0 Å². The van der Waals surface area contributed by atoms with Crippen LogP contribution in [0.2, 0.25) is 0 Å².